The van der Waals surface area contributed by atoms with Gasteiger partial charge in [0.15, 0.2) is 11.6 Å². The lowest BCUT2D eigenvalue weighted by atomic mass is 10.2. The van der Waals surface area contributed by atoms with Crippen molar-refractivity contribution in [3.63, 3.8) is 0 Å². The highest BCUT2D eigenvalue weighted by atomic mass is 32.1. The second kappa shape index (κ2) is 8.72. The minimum atomic E-state index is 0.145. The van der Waals surface area contributed by atoms with Gasteiger partial charge >= 0.3 is 0 Å². The van der Waals surface area contributed by atoms with Crippen LogP contribution in [-0.4, -0.2) is 44.5 Å². The first-order valence-electron chi connectivity index (χ1n) is 9.88. The van der Waals surface area contributed by atoms with Crippen molar-refractivity contribution in [2.75, 3.05) is 23.4 Å². The van der Waals surface area contributed by atoms with Crippen molar-refractivity contribution < 1.29 is 9.37 Å². The lowest BCUT2D eigenvalue weighted by molar-refractivity contribution is 0.115. The minimum Gasteiger partial charge on any atom is -0.376 e. The summed E-state index contributed by atoms with van der Waals surface area (Å²) < 4.78 is 10.7. The van der Waals surface area contributed by atoms with Gasteiger partial charge in [-0.25, -0.2) is 14.6 Å². The quantitative estimate of drug-likeness (QED) is 0.457. The molecule has 10 heteroatoms. The maximum absolute atomic E-state index is 5.90. The molecule has 0 bridgehead atoms. The molecule has 0 unspecified atom stereocenters. The Balaban J connectivity index is 1.49. The molecular formula is C20H21N7O2S. The predicted octanol–water partition coefficient (Wildman–Crippen LogP) is 3.27. The number of pyridine rings is 1. The summed E-state index contributed by atoms with van der Waals surface area (Å²) in [6, 6.07) is 10.0. The Bertz CT molecular complexity index is 1080. The highest BCUT2D eigenvalue weighted by molar-refractivity contribution is 7.09. The SMILES string of the molecule is c1ccc(CN(C[C@@H]2CCCO2)c2nc3nonc3nc2NCc2cccs2)nc1. The van der Waals surface area contributed by atoms with Crippen molar-refractivity contribution in [2.24, 2.45) is 0 Å². The molecule has 0 saturated carbocycles. The van der Waals surface area contributed by atoms with Crippen LogP contribution in [0.5, 0.6) is 0 Å². The van der Waals surface area contributed by atoms with Crippen LogP contribution < -0.4 is 10.2 Å². The first-order valence-corrected chi connectivity index (χ1v) is 10.8. The number of rotatable bonds is 8. The second-order valence-electron chi connectivity index (χ2n) is 7.08. The van der Waals surface area contributed by atoms with Gasteiger partial charge in [0.05, 0.1) is 24.9 Å². The number of aromatic nitrogens is 5. The molecular weight excluding hydrogens is 402 g/mol. The third kappa shape index (κ3) is 4.24. The van der Waals surface area contributed by atoms with Gasteiger partial charge in [0.25, 0.3) is 0 Å². The molecule has 0 spiro atoms. The Morgan fingerprint density at radius 3 is 2.83 bits per heavy atom. The van der Waals surface area contributed by atoms with E-state index in [-0.39, 0.29) is 6.10 Å². The molecule has 1 fully saturated rings. The van der Waals surface area contributed by atoms with Crippen LogP contribution in [0.1, 0.15) is 23.4 Å². The van der Waals surface area contributed by atoms with Crippen LogP contribution in [0.3, 0.4) is 0 Å². The Kier molecular flexibility index (Phi) is 5.49. The van der Waals surface area contributed by atoms with Gasteiger partial charge in [0.2, 0.25) is 11.3 Å². The van der Waals surface area contributed by atoms with Gasteiger partial charge in [0.1, 0.15) is 0 Å². The van der Waals surface area contributed by atoms with Gasteiger partial charge in [-0.1, -0.05) is 12.1 Å². The molecule has 0 amide bonds. The zero-order valence-electron chi connectivity index (χ0n) is 16.3. The molecule has 4 aromatic rings. The van der Waals surface area contributed by atoms with Crippen LogP contribution in [0.4, 0.5) is 11.6 Å². The van der Waals surface area contributed by atoms with Crippen molar-refractivity contribution in [3.05, 3.63) is 52.5 Å². The summed E-state index contributed by atoms with van der Waals surface area (Å²) in [6.45, 7) is 2.71. The molecule has 0 radical (unpaired) electrons. The Morgan fingerprint density at radius 2 is 2.07 bits per heavy atom. The van der Waals surface area contributed by atoms with E-state index in [9.17, 15) is 0 Å². The van der Waals surface area contributed by atoms with E-state index in [4.69, 9.17) is 14.3 Å². The lowest BCUT2D eigenvalue weighted by Gasteiger charge is -2.27. The molecule has 5 rings (SSSR count). The monoisotopic (exact) mass is 423 g/mol. The molecule has 1 atom stereocenters. The molecule has 1 saturated heterocycles. The highest BCUT2D eigenvalue weighted by Gasteiger charge is 2.24. The molecule has 0 aromatic carbocycles. The number of hydrogen-bond donors (Lipinski definition) is 1. The van der Waals surface area contributed by atoms with E-state index in [0.717, 1.165) is 25.1 Å². The van der Waals surface area contributed by atoms with E-state index in [1.807, 2.05) is 24.3 Å². The number of nitrogens with one attached hydrogen (secondary N) is 1. The van der Waals surface area contributed by atoms with E-state index >= 15 is 0 Å². The molecule has 1 N–H and O–H groups in total. The number of thiophene rings is 1. The van der Waals surface area contributed by atoms with Gasteiger partial charge < -0.3 is 15.0 Å². The van der Waals surface area contributed by atoms with Crippen molar-refractivity contribution >= 4 is 34.3 Å². The normalized spacial score (nSPS) is 16.2. The summed E-state index contributed by atoms with van der Waals surface area (Å²) in [7, 11) is 0. The minimum absolute atomic E-state index is 0.145. The molecule has 1 aliphatic heterocycles. The molecule has 154 valence electrons. The smallest absolute Gasteiger partial charge is 0.245 e. The Morgan fingerprint density at radius 1 is 1.13 bits per heavy atom. The first kappa shape index (κ1) is 18.9. The summed E-state index contributed by atoms with van der Waals surface area (Å²) in [5.74, 6) is 1.33. The van der Waals surface area contributed by atoms with Gasteiger partial charge in [0, 0.05) is 24.2 Å². The molecule has 9 nitrogen and oxygen atoms in total. The fourth-order valence-corrected chi connectivity index (χ4v) is 4.14. The standard InChI is InChI=1S/C20H21N7O2S/c1-2-8-21-14(5-1)12-27(13-15-6-3-9-28-15)20-19(22-11-16-7-4-10-30-16)23-17-18(24-20)26-29-25-17/h1-2,4-5,7-8,10,15H,3,6,9,11-13H2,(H,22,23,25)/t15-/m0/s1. The third-order valence-corrected chi connectivity index (χ3v) is 5.81. The third-order valence-electron chi connectivity index (χ3n) is 4.93. The number of hydrogen-bond acceptors (Lipinski definition) is 10. The summed E-state index contributed by atoms with van der Waals surface area (Å²) >= 11 is 1.69. The number of anilines is 2. The van der Waals surface area contributed by atoms with Crippen LogP contribution in [-0.2, 0) is 17.8 Å². The molecule has 30 heavy (non-hydrogen) atoms. The van der Waals surface area contributed by atoms with E-state index in [2.05, 4.69) is 41.9 Å². The lowest BCUT2D eigenvalue weighted by Crippen LogP contribution is -2.33. The molecule has 5 heterocycles. The topological polar surface area (TPSA) is 102 Å². The highest BCUT2D eigenvalue weighted by Crippen LogP contribution is 2.28. The molecule has 0 aliphatic carbocycles. The van der Waals surface area contributed by atoms with E-state index in [0.29, 0.717) is 42.6 Å². The fourth-order valence-electron chi connectivity index (χ4n) is 3.50. The fraction of sp³-hybridized carbons (Fsp3) is 0.350. The summed E-state index contributed by atoms with van der Waals surface area (Å²) in [4.78, 5) is 17.2. The zero-order chi connectivity index (χ0) is 20.2. The van der Waals surface area contributed by atoms with E-state index in [1.54, 1.807) is 17.5 Å². The number of ether oxygens (including phenoxy) is 1. The second-order valence-corrected chi connectivity index (χ2v) is 8.11. The predicted molar refractivity (Wildman–Crippen MR) is 113 cm³/mol. The zero-order valence-corrected chi connectivity index (χ0v) is 17.1. The maximum Gasteiger partial charge on any atom is 0.245 e. The van der Waals surface area contributed by atoms with Crippen molar-refractivity contribution in [1.29, 1.82) is 0 Å². The summed E-state index contributed by atoms with van der Waals surface area (Å²) in [6.07, 6.45) is 4.04. The maximum atomic E-state index is 5.90. The van der Waals surface area contributed by atoms with Gasteiger partial charge in [-0.05, 0) is 46.7 Å². The summed E-state index contributed by atoms with van der Waals surface area (Å²) in [5, 5.41) is 13.2. The average molecular weight is 424 g/mol. The van der Waals surface area contributed by atoms with Gasteiger partial charge in [-0.3, -0.25) is 4.98 Å². The van der Waals surface area contributed by atoms with Gasteiger partial charge in [-0.15, -0.1) is 11.3 Å². The van der Waals surface area contributed by atoms with E-state index < -0.39 is 0 Å². The van der Waals surface area contributed by atoms with Crippen molar-refractivity contribution in [3.8, 4) is 0 Å². The largest absolute Gasteiger partial charge is 0.376 e. The van der Waals surface area contributed by atoms with Crippen LogP contribution in [0.25, 0.3) is 11.3 Å². The molecule has 1 aliphatic rings. The first-order chi connectivity index (χ1) is 14.8. The number of fused-ring (bicyclic) bond motifs is 1. The molecule has 4 aromatic heterocycles. The number of nitrogens with zero attached hydrogens (tertiary/aromatic N) is 6. The van der Waals surface area contributed by atoms with Gasteiger partial charge in [-0.2, -0.15) is 0 Å². The summed E-state index contributed by atoms with van der Waals surface area (Å²) in [5.41, 5.74) is 1.70. The van der Waals surface area contributed by atoms with Crippen LogP contribution in [0, 0.1) is 0 Å². The van der Waals surface area contributed by atoms with Crippen LogP contribution >= 0.6 is 11.3 Å². The average Bonchev–Trinajstić information content (AvgIpc) is 3.54. The Labute approximate surface area is 177 Å². The van der Waals surface area contributed by atoms with E-state index in [1.165, 1.54) is 4.88 Å². The van der Waals surface area contributed by atoms with Crippen molar-refractivity contribution in [1.82, 2.24) is 25.3 Å². The van der Waals surface area contributed by atoms with Crippen molar-refractivity contribution in [2.45, 2.75) is 32.0 Å². The Hall–Kier alpha value is -3.11. The van der Waals surface area contributed by atoms with Crippen LogP contribution in [0.15, 0.2) is 46.5 Å². The van der Waals surface area contributed by atoms with Crippen LogP contribution in [0.2, 0.25) is 0 Å².